The molecular formula is C20H20ClN2O+. The summed E-state index contributed by atoms with van der Waals surface area (Å²) in [6.45, 7) is 2.29. The SMILES string of the molecule is Clc1ccccc1COc1cccc(C[NH2+]Cc2cccnc2)c1. The van der Waals surface area contributed by atoms with E-state index in [1.807, 2.05) is 48.7 Å². The Morgan fingerprint density at radius 2 is 1.75 bits per heavy atom. The molecule has 1 heterocycles. The molecule has 0 spiro atoms. The second-order valence-corrected chi connectivity index (χ2v) is 5.99. The van der Waals surface area contributed by atoms with Crippen LogP contribution in [-0.4, -0.2) is 4.98 Å². The van der Waals surface area contributed by atoms with Crippen molar-refractivity contribution < 1.29 is 10.1 Å². The summed E-state index contributed by atoms with van der Waals surface area (Å²) in [5, 5.41) is 2.99. The molecule has 0 amide bonds. The number of nitrogens with two attached hydrogens (primary N) is 1. The summed E-state index contributed by atoms with van der Waals surface area (Å²) >= 11 is 6.16. The van der Waals surface area contributed by atoms with Gasteiger partial charge in [-0.1, -0.05) is 48.0 Å². The molecule has 2 aromatic carbocycles. The van der Waals surface area contributed by atoms with E-state index in [9.17, 15) is 0 Å². The van der Waals surface area contributed by atoms with Crippen LogP contribution in [0.1, 0.15) is 16.7 Å². The lowest BCUT2D eigenvalue weighted by Crippen LogP contribution is -2.80. The molecule has 122 valence electrons. The van der Waals surface area contributed by atoms with Crippen molar-refractivity contribution in [1.29, 1.82) is 0 Å². The summed E-state index contributed by atoms with van der Waals surface area (Å²) in [5.74, 6) is 0.863. The lowest BCUT2D eigenvalue weighted by atomic mass is 10.2. The van der Waals surface area contributed by atoms with Gasteiger partial charge in [0.05, 0.1) is 0 Å². The molecule has 4 heteroatoms. The Hall–Kier alpha value is -2.36. The molecule has 3 aromatic rings. The molecule has 0 unspecified atom stereocenters. The van der Waals surface area contributed by atoms with Gasteiger partial charge >= 0.3 is 0 Å². The van der Waals surface area contributed by atoms with E-state index in [0.29, 0.717) is 6.61 Å². The molecule has 24 heavy (non-hydrogen) atoms. The predicted octanol–water partition coefficient (Wildman–Crippen LogP) is 3.58. The summed E-state index contributed by atoms with van der Waals surface area (Å²) in [4.78, 5) is 4.13. The van der Waals surface area contributed by atoms with Crippen LogP contribution >= 0.6 is 11.6 Å². The van der Waals surface area contributed by atoms with Crippen molar-refractivity contribution >= 4 is 11.6 Å². The number of halogens is 1. The molecule has 0 bridgehead atoms. The van der Waals surface area contributed by atoms with Crippen LogP contribution in [0.2, 0.25) is 5.02 Å². The van der Waals surface area contributed by atoms with Gasteiger partial charge in [0.2, 0.25) is 0 Å². The molecular weight excluding hydrogens is 320 g/mol. The monoisotopic (exact) mass is 339 g/mol. The molecule has 0 fully saturated rings. The molecule has 0 aliphatic heterocycles. The second kappa shape index (κ2) is 8.48. The van der Waals surface area contributed by atoms with Gasteiger partial charge in [0.1, 0.15) is 25.4 Å². The first kappa shape index (κ1) is 16.5. The Morgan fingerprint density at radius 3 is 2.58 bits per heavy atom. The van der Waals surface area contributed by atoms with E-state index in [4.69, 9.17) is 16.3 Å². The minimum atomic E-state index is 0.475. The summed E-state index contributed by atoms with van der Waals surface area (Å²) < 4.78 is 5.87. The Morgan fingerprint density at radius 1 is 0.917 bits per heavy atom. The fourth-order valence-electron chi connectivity index (χ4n) is 2.46. The van der Waals surface area contributed by atoms with Gasteiger partial charge in [0.25, 0.3) is 0 Å². The van der Waals surface area contributed by atoms with E-state index in [2.05, 4.69) is 28.5 Å². The number of aromatic nitrogens is 1. The number of rotatable bonds is 7. The standard InChI is InChI=1S/C20H19ClN2O/c21-20-9-2-1-7-18(20)15-24-19-8-3-5-16(11-19)12-23-14-17-6-4-10-22-13-17/h1-11,13,23H,12,14-15H2/p+1. The van der Waals surface area contributed by atoms with E-state index >= 15 is 0 Å². The Balaban J connectivity index is 1.53. The van der Waals surface area contributed by atoms with Crippen molar-refractivity contribution in [3.8, 4) is 5.75 Å². The number of hydrogen-bond acceptors (Lipinski definition) is 2. The number of nitrogens with zero attached hydrogens (tertiary/aromatic N) is 1. The van der Waals surface area contributed by atoms with E-state index in [1.54, 1.807) is 6.20 Å². The van der Waals surface area contributed by atoms with Gasteiger partial charge in [-0.05, 0) is 24.3 Å². The van der Waals surface area contributed by atoms with Crippen molar-refractivity contribution in [2.45, 2.75) is 19.7 Å². The van der Waals surface area contributed by atoms with E-state index < -0.39 is 0 Å². The third-order valence-corrected chi connectivity index (χ3v) is 4.10. The molecule has 0 aliphatic carbocycles. The minimum absolute atomic E-state index is 0.475. The van der Waals surface area contributed by atoms with Gasteiger partial charge in [-0.3, -0.25) is 4.98 Å². The summed E-state index contributed by atoms with van der Waals surface area (Å²) in [5.41, 5.74) is 3.45. The molecule has 0 atom stereocenters. The van der Waals surface area contributed by atoms with E-state index in [0.717, 1.165) is 29.4 Å². The number of ether oxygens (including phenoxy) is 1. The predicted molar refractivity (Wildman–Crippen MR) is 95.8 cm³/mol. The maximum absolute atomic E-state index is 6.16. The van der Waals surface area contributed by atoms with Crippen molar-refractivity contribution in [2.24, 2.45) is 0 Å². The number of pyridine rings is 1. The van der Waals surface area contributed by atoms with Crippen LogP contribution in [0.4, 0.5) is 0 Å². The quantitative estimate of drug-likeness (QED) is 0.714. The summed E-state index contributed by atoms with van der Waals surface area (Å²) in [7, 11) is 0. The highest BCUT2D eigenvalue weighted by atomic mass is 35.5. The summed E-state index contributed by atoms with van der Waals surface area (Å²) in [6, 6.07) is 20.0. The molecule has 0 saturated heterocycles. The largest absolute Gasteiger partial charge is 0.489 e. The number of benzene rings is 2. The third kappa shape index (κ3) is 4.82. The molecule has 0 saturated carbocycles. The van der Waals surface area contributed by atoms with Gasteiger partial charge in [-0.15, -0.1) is 0 Å². The van der Waals surface area contributed by atoms with Crippen LogP contribution in [-0.2, 0) is 19.7 Å². The third-order valence-electron chi connectivity index (χ3n) is 3.73. The van der Waals surface area contributed by atoms with Gasteiger partial charge in [0.15, 0.2) is 0 Å². The number of hydrogen-bond donors (Lipinski definition) is 1. The van der Waals surface area contributed by atoms with E-state index in [1.165, 1.54) is 11.1 Å². The van der Waals surface area contributed by atoms with Crippen molar-refractivity contribution in [3.05, 3.63) is 94.8 Å². The Bertz CT molecular complexity index is 777. The van der Waals surface area contributed by atoms with Crippen LogP contribution in [0.5, 0.6) is 5.75 Å². The van der Waals surface area contributed by atoms with Crippen LogP contribution < -0.4 is 10.1 Å². The second-order valence-electron chi connectivity index (χ2n) is 5.59. The molecule has 3 rings (SSSR count). The average molecular weight is 340 g/mol. The van der Waals surface area contributed by atoms with Gasteiger partial charge in [-0.25, -0.2) is 0 Å². The maximum atomic E-state index is 6.16. The topological polar surface area (TPSA) is 38.7 Å². The van der Waals surface area contributed by atoms with Crippen LogP contribution in [0.3, 0.4) is 0 Å². The normalized spacial score (nSPS) is 10.5. The van der Waals surface area contributed by atoms with Crippen LogP contribution in [0, 0.1) is 0 Å². The van der Waals surface area contributed by atoms with Crippen LogP contribution in [0.15, 0.2) is 73.1 Å². The van der Waals surface area contributed by atoms with Gasteiger partial charge in [0, 0.05) is 34.1 Å². The highest BCUT2D eigenvalue weighted by molar-refractivity contribution is 6.31. The molecule has 0 radical (unpaired) electrons. The zero-order valence-electron chi connectivity index (χ0n) is 13.4. The zero-order valence-corrected chi connectivity index (χ0v) is 14.1. The Labute approximate surface area is 147 Å². The van der Waals surface area contributed by atoms with Crippen LogP contribution in [0.25, 0.3) is 0 Å². The number of quaternary nitrogens is 1. The summed E-state index contributed by atoms with van der Waals surface area (Å²) in [6.07, 6.45) is 3.70. The fraction of sp³-hybridized carbons (Fsp3) is 0.150. The highest BCUT2D eigenvalue weighted by Crippen LogP contribution is 2.19. The smallest absolute Gasteiger partial charge is 0.120 e. The average Bonchev–Trinajstić information content (AvgIpc) is 2.62. The fourth-order valence-corrected chi connectivity index (χ4v) is 2.65. The lowest BCUT2D eigenvalue weighted by molar-refractivity contribution is -0.686. The highest BCUT2D eigenvalue weighted by Gasteiger charge is 2.03. The first-order chi connectivity index (χ1) is 11.8. The van der Waals surface area contributed by atoms with Crippen molar-refractivity contribution in [1.82, 2.24) is 4.98 Å². The zero-order chi connectivity index (χ0) is 16.6. The van der Waals surface area contributed by atoms with Gasteiger partial charge < -0.3 is 10.1 Å². The van der Waals surface area contributed by atoms with Crippen molar-refractivity contribution in [2.75, 3.05) is 0 Å². The molecule has 1 aromatic heterocycles. The van der Waals surface area contributed by atoms with Gasteiger partial charge in [-0.2, -0.15) is 0 Å². The molecule has 2 N–H and O–H groups in total. The first-order valence-electron chi connectivity index (χ1n) is 7.97. The Kier molecular flexibility index (Phi) is 5.83. The molecule has 0 aliphatic rings. The first-order valence-corrected chi connectivity index (χ1v) is 8.35. The lowest BCUT2D eigenvalue weighted by Gasteiger charge is -2.09. The minimum Gasteiger partial charge on any atom is -0.489 e. The maximum Gasteiger partial charge on any atom is 0.120 e. The molecule has 3 nitrogen and oxygen atoms in total. The van der Waals surface area contributed by atoms with Crippen molar-refractivity contribution in [3.63, 3.8) is 0 Å². The van der Waals surface area contributed by atoms with E-state index in [-0.39, 0.29) is 0 Å².